The van der Waals surface area contributed by atoms with E-state index in [-0.39, 0.29) is 36.2 Å². The third-order valence-corrected chi connectivity index (χ3v) is 6.13. The molecular weight excluding hydrogens is 486 g/mol. The third-order valence-electron chi connectivity index (χ3n) is 6.13. The van der Waals surface area contributed by atoms with Crippen molar-refractivity contribution in [3.8, 4) is 11.5 Å². The molecule has 9 nitrogen and oxygen atoms in total. The number of aryl methyl sites for hydroxylation is 1. The fourth-order valence-corrected chi connectivity index (χ4v) is 4.02. The Morgan fingerprint density at radius 3 is 2.42 bits per heavy atom. The molecule has 0 aliphatic heterocycles. The van der Waals surface area contributed by atoms with Gasteiger partial charge in [-0.25, -0.2) is 0 Å². The van der Waals surface area contributed by atoms with Crippen molar-refractivity contribution in [2.24, 2.45) is 0 Å². The predicted octanol–water partition coefficient (Wildman–Crippen LogP) is 4.46. The van der Waals surface area contributed by atoms with Crippen molar-refractivity contribution in [1.82, 2.24) is 10.2 Å². The number of benzene rings is 3. The van der Waals surface area contributed by atoms with E-state index in [1.807, 2.05) is 68.4 Å². The number of ether oxygens (including phenoxy) is 2. The van der Waals surface area contributed by atoms with Crippen LogP contribution in [0.25, 0.3) is 0 Å². The number of nitro benzene ring substituents is 1. The highest BCUT2D eigenvalue weighted by atomic mass is 16.6. The summed E-state index contributed by atoms with van der Waals surface area (Å²) in [6, 6.07) is 20.5. The highest BCUT2D eigenvalue weighted by Crippen LogP contribution is 2.31. The summed E-state index contributed by atoms with van der Waals surface area (Å²) in [6.45, 7) is 4.28. The first kappa shape index (κ1) is 28.2. The van der Waals surface area contributed by atoms with Gasteiger partial charge < -0.3 is 19.7 Å². The van der Waals surface area contributed by atoms with Crippen LogP contribution < -0.4 is 14.8 Å². The van der Waals surface area contributed by atoms with Gasteiger partial charge in [-0.15, -0.1) is 0 Å². The molecule has 3 rings (SSSR count). The van der Waals surface area contributed by atoms with Gasteiger partial charge in [0.1, 0.15) is 11.8 Å². The van der Waals surface area contributed by atoms with E-state index in [1.165, 1.54) is 25.3 Å². The van der Waals surface area contributed by atoms with Crippen LogP contribution in [0, 0.1) is 17.0 Å². The Morgan fingerprint density at radius 1 is 1.05 bits per heavy atom. The largest absolute Gasteiger partial charge is 0.490 e. The Bertz CT molecular complexity index is 1250. The first-order valence-electron chi connectivity index (χ1n) is 12.4. The summed E-state index contributed by atoms with van der Waals surface area (Å²) in [7, 11) is 1.32. The monoisotopic (exact) mass is 519 g/mol. The highest BCUT2D eigenvalue weighted by molar-refractivity contribution is 5.88. The zero-order valence-corrected chi connectivity index (χ0v) is 21.9. The summed E-state index contributed by atoms with van der Waals surface area (Å²) < 4.78 is 10.8. The van der Waals surface area contributed by atoms with E-state index in [2.05, 4.69) is 5.32 Å². The van der Waals surface area contributed by atoms with E-state index in [0.717, 1.165) is 23.1 Å². The van der Waals surface area contributed by atoms with Crippen LogP contribution >= 0.6 is 0 Å². The molecule has 0 fully saturated rings. The first-order chi connectivity index (χ1) is 18.3. The fourth-order valence-electron chi connectivity index (χ4n) is 4.02. The van der Waals surface area contributed by atoms with E-state index in [9.17, 15) is 19.7 Å². The van der Waals surface area contributed by atoms with E-state index >= 15 is 0 Å². The zero-order chi connectivity index (χ0) is 27.5. The molecule has 2 amide bonds. The number of methoxy groups -OCH3 is 1. The van der Waals surface area contributed by atoms with Gasteiger partial charge >= 0.3 is 5.69 Å². The van der Waals surface area contributed by atoms with Crippen molar-refractivity contribution >= 4 is 17.5 Å². The van der Waals surface area contributed by atoms with Gasteiger partial charge in [0.2, 0.25) is 11.7 Å². The number of rotatable bonds is 13. The molecule has 1 atom stereocenters. The summed E-state index contributed by atoms with van der Waals surface area (Å²) in [4.78, 5) is 39.2. The van der Waals surface area contributed by atoms with Gasteiger partial charge in [0.05, 0.1) is 12.0 Å². The van der Waals surface area contributed by atoms with Crippen molar-refractivity contribution in [3.05, 3.63) is 99.6 Å². The number of amides is 2. The fraction of sp³-hybridized carbons (Fsp3) is 0.310. The van der Waals surface area contributed by atoms with Gasteiger partial charge in [0, 0.05) is 31.6 Å². The minimum Gasteiger partial charge on any atom is -0.490 e. The van der Waals surface area contributed by atoms with Gasteiger partial charge in [0.15, 0.2) is 6.61 Å². The van der Waals surface area contributed by atoms with Crippen molar-refractivity contribution in [1.29, 1.82) is 0 Å². The van der Waals surface area contributed by atoms with Crippen LogP contribution in [-0.4, -0.2) is 47.9 Å². The Balaban J connectivity index is 1.91. The van der Waals surface area contributed by atoms with Crippen LogP contribution in [0.4, 0.5) is 5.69 Å². The molecule has 9 heteroatoms. The van der Waals surface area contributed by atoms with Crippen molar-refractivity contribution in [3.63, 3.8) is 0 Å². The molecule has 1 N–H and O–H groups in total. The van der Waals surface area contributed by atoms with Gasteiger partial charge in [-0.2, -0.15) is 0 Å². The quantitative estimate of drug-likeness (QED) is 0.264. The molecule has 0 saturated heterocycles. The maximum absolute atomic E-state index is 13.7. The Morgan fingerprint density at radius 2 is 1.76 bits per heavy atom. The minimum atomic E-state index is -0.772. The molecule has 0 aromatic heterocycles. The maximum Gasteiger partial charge on any atom is 0.311 e. The second-order valence-corrected chi connectivity index (χ2v) is 8.82. The smallest absolute Gasteiger partial charge is 0.311 e. The molecular formula is C29H33N3O6. The summed E-state index contributed by atoms with van der Waals surface area (Å²) in [5.74, 6) is -0.364. The molecule has 3 aromatic carbocycles. The van der Waals surface area contributed by atoms with Crippen molar-refractivity contribution in [2.75, 3.05) is 20.3 Å². The second-order valence-electron chi connectivity index (χ2n) is 8.82. The molecule has 0 heterocycles. The summed E-state index contributed by atoms with van der Waals surface area (Å²) in [5, 5.41) is 14.1. The zero-order valence-electron chi connectivity index (χ0n) is 21.9. The van der Waals surface area contributed by atoms with Crippen LogP contribution in [0.3, 0.4) is 0 Å². The number of nitro groups is 1. The lowest BCUT2D eigenvalue weighted by Gasteiger charge is -2.32. The van der Waals surface area contributed by atoms with Gasteiger partial charge in [0.25, 0.3) is 5.91 Å². The lowest BCUT2D eigenvalue weighted by Crippen LogP contribution is -2.51. The first-order valence-corrected chi connectivity index (χ1v) is 12.4. The molecule has 0 bridgehead atoms. The topological polar surface area (TPSA) is 111 Å². The standard InChI is InChI=1S/C29H33N3O6/c1-4-16-30-29(34)26(17-22-11-6-5-7-12-22)31(19-23-13-9-8-10-21(23)2)28(33)20-38-24-14-15-25(32(35)36)27(18-24)37-3/h5-15,18,26H,4,16-17,19-20H2,1-3H3,(H,30,34). The molecule has 0 spiro atoms. The SMILES string of the molecule is CCCNC(=O)C(Cc1ccccc1)N(Cc1ccccc1C)C(=O)COc1ccc([N+](=O)[O-])c(OC)c1. The van der Waals surface area contributed by atoms with Crippen molar-refractivity contribution < 1.29 is 24.0 Å². The number of carbonyl (C=O) groups excluding carboxylic acids is 2. The predicted molar refractivity (Wildman–Crippen MR) is 144 cm³/mol. The number of hydrogen-bond donors (Lipinski definition) is 1. The average Bonchev–Trinajstić information content (AvgIpc) is 2.93. The van der Waals surface area contributed by atoms with Gasteiger partial charge in [-0.3, -0.25) is 19.7 Å². The van der Waals surface area contributed by atoms with Crippen molar-refractivity contribution in [2.45, 2.75) is 39.3 Å². The minimum absolute atomic E-state index is 0.0256. The second kappa shape index (κ2) is 13.8. The van der Waals surface area contributed by atoms with Crippen LogP contribution in [0.5, 0.6) is 11.5 Å². The molecule has 0 radical (unpaired) electrons. The van der Waals surface area contributed by atoms with E-state index in [1.54, 1.807) is 4.90 Å². The highest BCUT2D eigenvalue weighted by Gasteiger charge is 2.31. The number of carbonyl (C=O) groups is 2. The maximum atomic E-state index is 13.7. The number of nitrogens with zero attached hydrogens (tertiary/aromatic N) is 2. The van der Waals surface area contributed by atoms with E-state index in [4.69, 9.17) is 9.47 Å². The van der Waals surface area contributed by atoms with Crippen LogP contribution in [0.2, 0.25) is 0 Å². The summed E-state index contributed by atoms with van der Waals surface area (Å²) in [6.07, 6.45) is 1.10. The van der Waals surface area contributed by atoms with E-state index < -0.39 is 16.9 Å². The normalized spacial score (nSPS) is 11.3. The summed E-state index contributed by atoms with van der Waals surface area (Å²) >= 11 is 0. The lowest BCUT2D eigenvalue weighted by molar-refractivity contribution is -0.385. The molecule has 1 unspecified atom stereocenters. The Hall–Kier alpha value is -4.40. The molecule has 0 aliphatic rings. The molecule has 3 aromatic rings. The number of hydrogen-bond acceptors (Lipinski definition) is 6. The Kier molecular flexibility index (Phi) is 10.2. The molecule has 0 aliphatic carbocycles. The third kappa shape index (κ3) is 7.55. The van der Waals surface area contributed by atoms with Crippen LogP contribution in [0.15, 0.2) is 72.8 Å². The van der Waals surface area contributed by atoms with Crippen LogP contribution in [-0.2, 0) is 22.6 Å². The van der Waals surface area contributed by atoms with Crippen LogP contribution in [0.1, 0.15) is 30.0 Å². The molecule has 38 heavy (non-hydrogen) atoms. The van der Waals surface area contributed by atoms with Gasteiger partial charge in [-0.1, -0.05) is 61.5 Å². The lowest BCUT2D eigenvalue weighted by atomic mass is 10.0. The molecule has 0 saturated carbocycles. The van der Waals surface area contributed by atoms with Gasteiger partial charge in [-0.05, 0) is 36.1 Å². The number of nitrogens with one attached hydrogen (secondary N) is 1. The summed E-state index contributed by atoms with van der Waals surface area (Å²) in [5.41, 5.74) is 2.63. The average molecular weight is 520 g/mol. The van der Waals surface area contributed by atoms with E-state index in [0.29, 0.717) is 13.0 Å². The Labute approximate surface area is 222 Å². The molecule has 200 valence electrons.